The van der Waals surface area contributed by atoms with Crippen molar-refractivity contribution in [3.63, 3.8) is 0 Å². The average Bonchev–Trinajstić information content (AvgIpc) is 2.59. The van der Waals surface area contributed by atoms with E-state index in [4.69, 9.17) is 5.11 Å². The molecule has 0 aliphatic carbocycles. The van der Waals surface area contributed by atoms with Crippen LogP contribution in [0.3, 0.4) is 0 Å². The molecule has 5 nitrogen and oxygen atoms in total. The molecule has 128 valence electrons. The molecule has 0 unspecified atom stereocenters. The Morgan fingerprint density at radius 1 is 0.958 bits per heavy atom. The number of aliphatic hydroxyl groups is 1. The Hall–Kier alpha value is -2.37. The first kappa shape index (κ1) is 18.0. The number of hydrogen-bond acceptors (Lipinski definition) is 3. The third kappa shape index (κ3) is 6.40. The number of rotatable bonds is 9. The lowest BCUT2D eigenvalue weighted by atomic mass is 10.0. The standard InChI is InChI=1S/C19H24N2O3/c22-18(14-20-12-11-15-7-3-1-4-8-15)17(21-19(23)24)13-16-9-5-2-6-10-16/h1-10,17-18,20-22H,11-14H2,(H,23,24)/t17-,18-/m0/s1. The monoisotopic (exact) mass is 328 g/mol. The topological polar surface area (TPSA) is 81.6 Å². The maximum atomic E-state index is 11.0. The quantitative estimate of drug-likeness (QED) is 0.531. The summed E-state index contributed by atoms with van der Waals surface area (Å²) in [5, 5.41) is 24.9. The van der Waals surface area contributed by atoms with Crippen LogP contribution >= 0.6 is 0 Å². The van der Waals surface area contributed by atoms with Crippen molar-refractivity contribution < 1.29 is 15.0 Å². The number of carboxylic acid groups (broad SMARTS) is 1. The van der Waals surface area contributed by atoms with Crippen LogP contribution in [-0.2, 0) is 12.8 Å². The Bertz CT molecular complexity index is 605. The Balaban J connectivity index is 1.81. The molecule has 0 radical (unpaired) electrons. The summed E-state index contributed by atoms with van der Waals surface area (Å²) in [5.74, 6) is 0. The molecule has 0 spiro atoms. The number of amides is 1. The summed E-state index contributed by atoms with van der Waals surface area (Å²) >= 11 is 0. The predicted molar refractivity (Wildman–Crippen MR) is 94.1 cm³/mol. The second-order valence-electron chi connectivity index (χ2n) is 5.75. The molecular weight excluding hydrogens is 304 g/mol. The van der Waals surface area contributed by atoms with Crippen molar-refractivity contribution >= 4 is 6.09 Å². The molecule has 0 bridgehead atoms. The minimum Gasteiger partial charge on any atom is -0.465 e. The smallest absolute Gasteiger partial charge is 0.404 e. The SMILES string of the molecule is O=C(O)N[C@@H](Cc1ccccc1)[C@@H](O)CNCCc1ccccc1. The van der Waals surface area contributed by atoms with Gasteiger partial charge in [0, 0.05) is 6.54 Å². The Kier molecular flexibility index (Phi) is 7.26. The lowest BCUT2D eigenvalue weighted by Crippen LogP contribution is -2.48. The van der Waals surface area contributed by atoms with Gasteiger partial charge in [0.15, 0.2) is 0 Å². The fraction of sp³-hybridized carbons (Fsp3) is 0.316. The summed E-state index contributed by atoms with van der Waals surface area (Å²) in [6.45, 7) is 1.07. The van der Waals surface area contributed by atoms with E-state index in [-0.39, 0.29) is 0 Å². The average molecular weight is 328 g/mol. The molecular formula is C19H24N2O3. The van der Waals surface area contributed by atoms with Crippen LogP contribution in [0.15, 0.2) is 60.7 Å². The maximum absolute atomic E-state index is 11.0. The highest BCUT2D eigenvalue weighted by molar-refractivity contribution is 5.65. The molecule has 1 amide bonds. The number of nitrogens with one attached hydrogen (secondary N) is 2. The van der Waals surface area contributed by atoms with Crippen molar-refractivity contribution in [3.05, 3.63) is 71.8 Å². The number of benzene rings is 2. The zero-order valence-corrected chi connectivity index (χ0v) is 13.6. The molecule has 2 rings (SSSR count). The van der Waals surface area contributed by atoms with Crippen LogP contribution in [-0.4, -0.2) is 41.5 Å². The van der Waals surface area contributed by atoms with E-state index >= 15 is 0 Å². The Labute approximate surface area is 142 Å². The summed E-state index contributed by atoms with van der Waals surface area (Å²) < 4.78 is 0. The molecule has 0 fully saturated rings. The van der Waals surface area contributed by atoms with Crippen LogP contribution < -0.4 is 10.6 Å². The Morgan fingerprint density at radius 3 is 2.12 bits per heavy atom. The normalized spacial score (nSPS) is 13.2. The highest BCUT2D eigenvalue weighted by atomic mass is 16.4. The van der Waals surface area contributed by atoms with Crippen molar-refractivity contribution in [2.24, 2.45) is 0 Å². The van der Waals surface area contributed by atoms with E-state index in [1.165, 1.54) is 5.56 Å². The molecule has 0 aliphatic heterocycles. The predicted octanol–water partition coefficient (Wildman–Crippen LogP) is 2.06. The van der Waals surface area contributed by atoms with Crippen LogP contribution in [0.5, 0.6) is 0 Å². The van der Waals surface area contributed by atoms with Crippen LogP contribution in [0.1, 0.15) is 11.1 Å². The van der Waals surface area contributed by atoms with E-state index in [9.17, 15) is 9.90 Å². The van der Waals surface area contributed by atoms with Crippen LogP contribution in [0.2, 0.25) is 0 Å². The zero-order valence-electron chi connectivity index (χ0n) is 13.6. The third-order valence-electron chi connectivity index (χ3n) is 3.86. The summed E-state index contributed by atoms with van der Waals surface area (Å²) in [7, 11) is 0. The first-order valence-electron chi connectivity index (χ1n) is 8.11. The van der Waals surface area contributed by atoms with E-state index in [1.807, 2.05) is 48.5 Å². The highest BCUT2D eigenvalue weighted by Gasteiger charge is 2.21. The second kappa shape index (κ2) is 9.70. The molecule has 0 saturated carbocycles. The Morgan fingerprint density at radius 2 is 1.54 bits per heavy atom. The molecule has 24 heavy (non-hydrogen) atoms. The van der Waals surface area contributed by atoms with Crippen molar-refractivity contribution in [2.45, 2.75) is 25.0 Å². The van der Waals surface area contributed by atoms with Crippen molar-refractivity contribution in [3.8, 4) is 0 Å². The maximum Gasteiger partial charge on any atom is 0.404 e. The van der Waals surface area contributed by atoms with Gasteiger partial charge in [-0.2, -0.15) is 0 Å². The van der Waals surface area contributed by atoms with Crippen LogP contribution in [0, 0.1) is 0 Å². The number of aliphatic hydroxyl groups excluding tert-OH is 1. The minimum atomic E-state index is -1.13. The van der Waals surface area contributed by atoms with E-state index in [0.717, 1.165) is 18.5 Å². The summed E-state index contributed by atoms with van der Waals surface area (Å²) in [6, 6.07) is 19.1. The minimum absolute atomic E-state index is 0.338. The van der Waals surface area contributed by atoms with E-state index in [0.29, 0.717) is 13.0 Å². The first-order chi connectivity index (χ1) is 11.6. The molecule has 5 heteroatoms. The fourth-order valence-corrected chi connectivity index (χ4v) is 2.58. The van der Waals surface area contributed by atoms with Crippen LogP contribution in [0.25, 0.3) is 0 Å². The van der Waals surface area contributed by atoms with Gasteiger partial charge in [-0.1, -0.05) is 60.7 Å². The van der Waals surface area contributed by atoms with E-state index in [1.54, 1.807) is 0 Å². The van der Waals surface area contributed by atoms with Gasteiger partial charge in [0.25, 0.3) is 0 Å². The van der Waals surface area contributed by atoms with Gasteiger partial charge in [0.05, 0.1) is 12.1 Å². The van der Waals surface area contributed by atoms with Gasteiger partial charge in [-0.15, -0.1) is 0 Å². The summed E-state index contributed by atoms with van der Waals surface area (Å²) in [4.78, 5) is 11.0. The summed E-state index contributed by atoms with van der Waals surface area (Å²) in [6.07, 6.45) is -0.603. The van der Waals surface area contributed by atoms with Crippen LogP contribution in [0.4, 0.5) is 4.79 Å². The van der Waals surface area contributed by atoms with Gasteiger partial charge >= 0.3 is 6.09 Å². The van der Waals surface area contributed by atoms with Gasteiger partial charge in [-0.3, -0.25) is 0 Å². The molecule has 2 aromatic carbocycles. The van der Waals surface area contributed by atoms with Gasteiger partial charge in [0.1, 0.15) is 0 Å². The van der Waals surface area contributed by atoms with E-state index < -0.39 is 18.2 Å². The number of hydrogen-bond donors (Lipinski definition) is 4. The van der Waals surface area contributed by atoms with Crippen molar-refractivity contribution in [1.29, 1.82) is 0 Å². The second-order valence-corrected chi connectivity index (χ2v) is 5.75. The molecule has 0 aliphatic rings. The first-order valence-corrected chi connectivity index (χ1v) is 8.11. The van der Waals surface area contributed by atoms with Gasteiger partial charge in [-0.25, -0.2) is 4.79 Å². The molecule has 4 N–H and O–H groups in total. The van der Waals surface area contributed by atoms with Gasteiger partial charge in [0.2, 0.25) is 0 Å². The molecule has 0 saturated heterocycles. The van der Waals surface area contributed by atoms with Crippen molar-refractivity contribution in [1.82, 2.24) is 10.6 Å². The zero-order chi connectivity index (χ0) is 17.2. The van der Waals surface area contributed by atoms with E-state index in [2.05, 4.69) is 22.8 Å². The summed E-state index contributed by atoms with van der Waals surface area (Å²) in [5.41, 5.74) is 2.21. The lowest BCUT2D eigenvalue weighted by molar-refractivity contribution is 0.118. The third-order valence-corrected chi connectivity index (χ3v) is 3.86. The van der Waals surface area contributed by atoms with Gasteiger partial charge < -0.3 is 20.8 Å². The molecule has 0 aromatic heterocycles. The molecule has 2 atom stereocenters. The largest absolute Gasteiger partial charge is 0.465 e. The lowest BCUT2D eigenvalue weighted by Gasteiger charge is -2.23. The fourth-order valence-electron chi connectivity index (χ4n) is 2.58. The van der Waals surface area contributed by atoms with Crippen molar-refractivity contribution in [2.75, 3.05) is 13.1 Å². The number of carbonyl (C=O) groups is 1. The molecule has 2 aromatic rings. The van der Waals surface area contributed by atoms with Gasteiger partial charge in [-0.05, 0) is 30.5 Å². The molecule has 0 heterocycles. The highest BCUT2D eigenvalue weighted by Crippen LogP contribution is 2.06.